The largest absolute Gasteiger partial charge is 0.206 e. The SMILES string of the molecule is [2H]C1([2H])CC2CC(c3ccc(C#N)c(F)c3)CCC2C([2H])([2H])C1C=CC. The lowest BCUT2D eigenvalue weighted by Crippen LogP contribution is -2.30. The molecule has 2 saturated carbocycles. The molecular weight excluding hydrogens is 273 g/mol. The lowest BCUT2D eigenvalue weighted by molar-refractivity contribution is 0.133. The minimum atomic E-state index is -1.59. The number of halogens is 1. The van der Waals surface area contributed by atoms with Gasteiger partial charge >= 0.3 is 0 Å². The third-order valence-electron chi connectivity index (χ3n) is 4.95. The van der Waals surface area contributed by atoms with Crippen molar-refractivity contribution < 1.29 is 9.87 Å². The maximum Gasteiger partial charge on any atom is 0.141 e. The van der Waals surface area contributed by atoms with Crippen LogP contribution < -0.4 is 0 Å². The van der Waals surface area contributed by atoms with E-state index in [0.717, 1.165) is 12.0 Å². The minimum Gasteiger partial charge on any atom is -0.206 e. The van der Waals surface area contributed by atoms with Crippen molar-refractivity contribution in [3.63, 3.8) is 0 Å². The Labute approximate surface area is 138 Å². The van der Waals surface area contributed by atoms with E-state index in [2.05, 4.69) is 0 Å². The van der Waals surface area contributed by atoms with Crippen LogP contribution in [0, 0.1) is 34.9 Å². The van der Waals surface area contributed by atoms with Crippen LogP contribution in [0.5, 0.6) is 0 Å². The number of nitriles is 1. The molecule has 0 aliphatic heterocycles. The summed E-state index contributed by atoms with van der Waals surface area (Å²) < 4.78 is 48.0. The van der Waals surface area contributed by atoms with Crippen LogP contribution in [0.25, 0.3) is 0 Å². The highest BCUT2D eigenvalue weighted by Gasteiger charge is 2.35. The first-order valence-electron chi connectivity index (χ1n) is 10.0. The summed E-state index contributed by atoms with van der Waals surface area (Å²) in [5.74, 6) is -1.39. The van der Waals surface area contributed by atoms with E-state index in [1.165, 1.54) is 12.1 Å². The van der Waals surface area contributed by atoms with Gasteiger partial charge in [0.2, 0.25) is 0 Å². The van der Waals surface area contributed by atoms with Crippen molar-refractivity contribution in [2.45, 2.75) is 51.3 Å². The molecule has 0 radical (unpaired) electrons. The van der Waals surface area contributed by atoms with Gasteiger partial charge in [-0.3, -0.25) is 0 Å². The molecule has 22 heavy (non-hydrogen) atoms. The Kier molecular flexibility index (Phi) is 3.32. The lowest BCUT2D eigenvalue weighted by Gasteiger charge is -2.41. The molecular formula is C20H24FN. The Morgan fingerprint density at radius 1 is 1.32 bits per heavy atom. The molecule has 0 N–H and O–H groups in total. The van der Waals surface area contributed by atoms with Gasteiger partial charge in [-0.1, -0.05) is 18.2 Å². The molecule has 0 saturated heterocycles. The Balaban J connectivity index is 1.85. The second-order valence-corrected chi connectivity index (χ2v) is 6.31. The molecule has 2 aliphatic rings. The van der Waals surface area contributed by atoms with E-state index in [1.807, 2.05) is 6.07 Å². The average molecular weight is 301 g/mol. The maximum absolute atomic E-state index is 14.0. The Morgan fingerprint density at radius 2 is 2.18 bits per heavy atom. The van der Waals surface area contributed by atoms with Crippen LogP contribution in [0.4, 0.5) is 4.39 Å². The topological polar surface area (TPSA) is 23.8 Å². The van der Waals surface area contributed by atoms with Crippen molar-refractivity contribution in [3.05, 3.63) is 47.3 Å². The van der Waals surface area contributed by atoms with Gasteiger partial charge in [-0.15, -0.1) is 0 Å². The first kappa shape index (κ1) is 11.0. The molecule has 116 valence electrons. The van der Waals surface area contributed by atoms with Gasteiger partial charge in [0.05, 0.1) is 5.56 Å². The van der Waals surface area contributed by atoms with Gasteiger partial charge in [0.25, 0.3) is 0 Å². The summed E-state index contributed by atoms with van der Waals surface area (Å²) in [6, 6.07) is 6.52. The zero-order valence-electron chi connectivity index (χ0n) is 16.8. The number of nitrogens with zero attached hydrogens (tertiary/aromatic N) is 1. The van der Waals surface area contributed by atoms with E-state index in [1.54, 1.807) is 25.1 Å². The quantitative estimate of drug-likeness (QED) is 0.655. The molecule has 1 aromatic carbocycles. The van der Waals surface area contributed by atoms with Crippen LogP contribution in [0.15, 0.2) is 30.4 Å². The molecule has 2 heteroatoms. The average Bonchev–Trinajstić information content (AvgIpc) is 2.57. The predicted octanol–water partition coefficient (Wildman–Crippen LogP) is 5.57. The fourth-order valence-electron chi connectivity index (χ4n) is 3.77. The fraction of sp³-hybridized carbons (Fsp3) is 0.550. The summed E-state index contributed by atoms with van der Waals surface area (Å²) in [5, 5.41) is 8.88. The molecule has 4 unspecified atom stereocenters. The van der Waals surface area contributed by atoms with Crippen molar-refractivity contribution >= 4 is 0 Å². The standard InChI is InChI=1S/C20H24FN/c1-2-3-14-4-5-16-11-17(7-6-15(16)10-14)18-8-9-19(13-22)20(21)12-18/h2-3,8-9,12,14-17H,4-7,10-11H2,1H3/i4D2,10D2. The summed E-state index contributed by atoms with van der Waals surface area (Å²) in [6.07, 6.45) is 2.68. The van der Waals surface area contributed by atoms with Gasteiger partial charge in [0.1, 0.15) is 11.9 Å². The molecule has 4 atom stereocenters. The van der Waals surface area contributed by atoms with Crippen LogP contribution in [0.3, 0.4) is 0 Å². The minimum absolute atomic E-state index is 0.0296. The number of hydrogen-bond acceptors (Lipinski definition) is 1. The van der Waals surface area contributed by atoms with Crippen LogP contribution >= 0.6 is 0 Å². The third-order valence-corrected chi connectivity index (χ3v) is 4.95. The number of rotatable bonds is 2. The monoisotopic (exact) mass is 301 g/mol. The summed E-state index contributed by atoms with van der Waals surface area (Å²) in [7, 11) is 0. The predicted molar refractivity (Wildman–Crippen MR) is 86.8 cm³/mol. The van der Waals surface area contributed by atoms with Gasteiger partial charge < -0.3 is 0 Å². The molecule has 1 nitrogen and oxygen atoms in total. The molecule has 1 aromatic rings. The summed E-state index contributed by atoms with van der Waals surface area (Å²) in [4.78, 5) is 0. The second-order valence-electron chi connectivity index (χ2n) is 6.31. The normalized spacial score (nSPS) is 39.0. The first-order valence-corrected chi connectivity index (χ1v) is 8.03. The third kappa shape index (κ3) is 3.09. The Hall–Kier alpha value is -1.62. The molecule has 0 spiro atoms. The van der Waals surface area contributed by atoms with Crippen molar-refractivity contribution in [2.75, 3.05) is 0 Å². The van der Waals surface area contributed by atoms with E-state index >= 15 is 0 Å². The second kappa shape index (κ2) is 6.65. The van der Waals surface area contributed by atoms with E-state index in [-0.39, 0.29) is 23.3 Å². The van der Waals surface area contributed by atoms with Crippen molar-refractivity contribution in [2.24, 2.45) is 17.8 Å². The summed E-state index contributed by atoms with van der Waals surface area (Å²) >= 11 is 0. The van der Waals surface area contributed by atoms with Gasteiger partial charge in [-0.25, -0.2) is 4.39 Å². The Bertz CT molecular complexity index is 753. The van der Waals surface area contributed by atoms with Crippen LogP contribution in [-0.4, -0.2) is 0 Å². The molecule has 0 heterocycles. The van der Waals surface area contributed by atoms with E-state index < -0.39 is 24.5 Å². The number of benzene rings is 1. The molecule has 3 rings (SSSR count). The van der Waals surface area contributed by atoms with Crippen molar-refractivity contribution in [3.8, 4) is 6.07 Å². The summed E-state index contributed by atoms with van der Waals surface area (Å²) in [6.45, 7) is 1.80. The van der Waals surface area contributed by atoms with Crippen molar-refractivity contribution in [1.29, 1.82) is 5.26 Å². The fourth-order valence-corrected chi connectivity index (χ4v) is 3.77. The van der Waals surface area contributed by atoms with Gasteiger partial charge in [0, 0.05) is 5.48 Å². The van der Waals surface area contributed by atoms with Crippen LogP contribution in [0.2, 0.25) is 0 Å². The molecule has 0 aromatic heterocycles. The highest BCUT2D eigenvalue weighted by molar-refractivity contribution is 5.35. The number of fused-ring (bicyclic) bond motifs is 1. The molecule has 0 bridgehead atoms. The van der Waals surface area contributed by atoms with E-state index in [9.17, 15) is 4.39 Å². The van der Waals surface area contributed by atoms with Gasteiger partial charge in [-0.05, 0) is 86.7 Å². The summed E-state index contributed by atoms with van der Waals surface area (Å²) in [5.41, 5.74) is 0.860. The zero-order valence-corrected chi connectivity index (χ0v) is 12.8. The lowest BCUT2D eigenvalue weighted by atomic mass is 9.64. The highest BCUT2D eigenvalue weighted by atomic mass is 19.1. The van der Waals surface area contributed by atoms with Gasteiger partial charge in [-0.2, -0.15) is 5.26 Å². The van der Waals surface area contributed by atoms with Crippen molar-refractivity contribution in [1.82, 2.24) is 0 Å². The van der Waals surface area contributed by atoms with Crippen LogP contribution in [0.1, 0.15) is 67.9 Å². The van der Waals surface area contributed by atoms with E-state index in [4.69, 9.17) is 10.7 Å². The van der Waals surface area contributed by atoms with Crippen LogP contribution in [-0.2, 0) is 0 Å². The molecule has 2 aliphatic carbocycles. The molecule has 2 fully saturated rings. The van der Waals surface area contributed by atoms with E-state index in [0.29, 0.717) is 19.3 Å². The first-order chi connectivity index (χ1) is 12.2. The molecule has 0 amide bonds. The smallest absolute Gasteiger partial charge is 0.141 e. The Morgan fingerprint density at radius 3 is 2.91 bits per heavy atom. The maximum atomic E-state index is 14.0. The number of hydrogen-bond donors (Lipinski definition) is 0. The number of allylic oxidation sites excluding steroid dienone is 2. The van der Waals surface area contributed by atoms with Gasteiger partial charge in [0.15, 0.2) is 0 Å². The highest BCUT2D eigenvalue weighted by Crippen LogP contribution is 2.47. The zero-order chi connectivity index (χ0) is 19.1.